The van der Waals surface area contributed by atoms with Crippen molar-refractivity contribution in [2.45, 2.75) is 33.1 Å². The second-order valence-corrected chi connectivity index (χ2v) is 4.73. The summed E-state index contributed by atoms with van der Waals surface area (Å²) in [6, 6.07) is 1.82. The molecule has 0 saturated heterocycles. The summed E-state index contributed by atoms with van der Waals surface area (Å²) in [6.45, 7) is 8.01. The molecule has 15 heavy (non-hydrogen) atoms. The first-order chi connectivity index (χ1) is 6.88. The largest absolute Gasteiger partial charge is 0.423 e. The lowest BCUT2D eigenvalue weighted by Crippen LogP contribution is -2.16. The molecule has 2 heterocycles. The van der Waals surface area contributed by atoms with E-state index in [0.717, 1.165) is 11.2 Å². The molecule has 0 amide bonds. The van der Waals surface area contributed by atoms with Crippen molar-refractivity contribution in [3.8, 4) is 0 Å². The Morgan fingerprint density at radius 3 is 2.53 bits per heavy atom. The lowest BCUT2D eigenvalue weighted by Gasteiger charge is -2.18. The molecule has 2 rings (SSSR count). The topological polar surface area (TPSA) is 64.9 Å². The smallest absolute Gasteiger partial charge is 0.247 e. The van der Waals surface area contributed by atoms with E-state index in [1.165, 1.54) is 0 Å². The minimum atomic E-state index is -0.0844. The average molecular weight is 205 g/mol. The fraction of sp³-hybridized carbons (Fsp3) is 0.455. The van der Waals surface area contributed by atoms with Crippen molar-refractivity contribution >= 4 is 16.9 Å². The minimum absolute atomic E-state index is 0.0844. The molecule has 4 heteroatoms. The number of rotatable bonds is 0. The van der Waals surface area contributed by atoms with E-state index >= 15 is 0 Å². The molecule has 0 aliphatic heterocycles. The van der Waals surface area contributed by atoms with Crippen molar-refractivity contribution in [2.75, 3.05) is 5.73 Å². The summed E-state index contributed by atoms with van der Waals surface area (Å²) in [4.78, 5) is 8.60. The number of anilines is 1. The van der Waals surface area contributed by atoms with E-state index in [4.69, 9.17) is 10.2 Å². The number of nitrogens with zero attached hydrogens (tertiary/aromatic N) is 2. The van der Waals surface area contributed by atoms with Crippen LogP contribution in [0.4, 0.5) is 5.69 Å². The second-order valence-electron chi connectivity index (χ2n) is 4.73. The molecule has 0 aliphatic rings. The Labute approximate surface area is 88.5 Å². The summed E-state index contributed by atoms with van der Waals surface area (Å²) < 4.78 is 5.38. The second kappa shape index (κ2) is 2.95. The van der Waals surface area contributed by atoms with Crippen LogP contribution in [0, 0.1) is 6.92 Å². The Morgan fingerprint density at radius 1 is 1.27 bits per heavy atom. The van der Waals surface area contributed by atoms with Crippen molar-refractivity contribution in [1.82, 2.24) is 9.97 Å². The highest BCUT2D eigenvalue weighted by Crippen LogP contribution is 2.28. The zero-order valence-electron chi connectivity index (χ0n) is 9.46. The number of hydrogen-bond acceptors (Lipinski definition) is 4. The van der Waals surface area contributed by atoms with E-state index in [1.807, 2.05) is 6.07 Å². The molecule has 0 spiro atoms. The van der Waals surface area contributed by atoms with Gasteiger partial charge in [0.2, 0.25) is 5.71 Å². The van der Waals surface area contributed by atoms with Gasteiger partial charge >= 0.3 is 0 Å². The van der Waals surface area contributed by atoms with Gasteiger partial charge < -0.3 is 10.2 Å². The molecule has 0 unspecified atom stereocenters. The molecule has 0 atom stereocenters. The summed E-state index contributed by atoms with van der Waals surface area (Å²) in [7, 11) is 0. The molecule has 2 N–H and O–H groups in total. The Morgan fingerprint density at radius 2 is 1.93 bits per heavy atom. The summed E-state index contributed by atoms with van der Waals surface area (Å²) in [5.74, 6) is 0.614. The van der Waals surface area contributed by atoms with Gasteiger partial charge in [-0.25, -0.2) is 9.97 Å². The van der Waals surface area contributed by atoms with Gasteiger partial charge in [0, 0.05) is 12.3 Å². The number of aromatic nitrogens is 2. The van der Waals surface area contributed by atoms with E-state index < -0.39 is 0 Å². The lowest BCUT2D eigenvalue weighted by molar-refractivity contribution is 0.534. The number of aryl methyl sites for hydroxylation is 1. The molecule has 2 aromatic rings. The number of oxazole rings is 1. The zero-order valence-corrected chi connectivity index (χ0v) is 9.46. The number of nitrogen functional groups attached to an aromatic ring is 1. The molecule has 0 aliphatic carbocycles. The first-order valence-corrected chi connectivity index (χ1v) is 4.92. The van der Waals surface area contributed by atoms with E-state index in [9.17, 15) is 0 Å². The van der Waals surface area contributed by atoms with E-state index in [-0.39, 0.29) is 5.41 Å². The van der Waals surface area contributed by atoms with Crippen LogP contribution in [0.25, 0.3) is 11.2 Å². The minimum Gasteiger partial charge on any atom is -0.423 e. The standard InChI is InChI=1S/C11H15N3O/c1-6-13-8-5-7(12)9(11(2,3)4)14-10(8)15-6/h5H,12H2,1-4H3. The predicted molar refractivity (Wildman–Crippen MR) is 59.7 cm³/mol. The molecule has 0 aromatic carbocycles. The molecule has 0 saturated carbocycles. The highest BCUT2D eigenvalue weighted by atomic mass is 16.4. The molecule has 2 aromatic heterocycles. The quantitative estimate of drug-likeness (QED) is 0.717. The molecule has 4 nitrogen and oxygen atoms in total. The average Bonchev–Trinajstić information content (AvgIpc) is 2.40. The van der Waals surface area contributed by atoms with Crippen LogP contribution >= 0.6 is 0 Å². The maximum absolute atomic E-state index is 5.94. The maximum Gasteiger partial charge on any atom is 0.247 e. The monoisotopic (exact) mass is 205 g/mol. The number of nitrogens with two attached hydrogens (primary N) is 1. The van der Waals surface area contributed by atoms with Crippen LogP contribution < -0.4 is 5.73 Å². The van der Waals surface area contributed by atoms with Gasteiger partial charge in [-0.1, -0.05) is 20.8 Å². The number of pyridine rings is 1. The number of fused-ring (bicyclic) bond motifs is 1. The fourth-order valence-electron chi connectivity index (χ4n) is 1.59. The lowest BCUT2D eigenvalue weighted by atomic mass is 9.90. The Hall–Kier alpha value is -1.58. The van der Waals surface area contributed by atoms with Gasteiger partial charge in [0.15, 0.2) is 5.89 Å². The third-order valence-electron chi connectivity index (χ3n) is 2.23. The summed E-state index contributed by atoms with van der Waals surface area (Å²) in [5, 5.41) is 0. The van der Waals surface area contributed by atoms with Gasteiger partial charge in [0.25, 0.3) is 0 Å². The first-order valence-electron chi connectivity index (χ1n) is 4.92. The van der Waals surface area contributed by atoms with Crippen molar-refractivity contribution < 1.29 is 4.42 Å². The van der Waals surface area contributed by atoms with Gasteiger partial charge in [0.05, 0.1) is 11.4 Å². The molecule has 0 bridgehead atoms. The third-order valence-corrected chi connectivity index (χ3v) is 2.23. The first kappa shape index (κ1) is 9.96. The normalized spacial score (nSPS) is 12.3. The van der Waals surface area contributed by atoms with Crippen LogP contribution in [-0.2, 0) is 5.41 Å². The molecular weight excluding hydrogens is 190 g/mol. The van der Waals surface area contributed by atoms with Crippen LogP contribution in [0.3, 0.4) is 0 Å². The van der Waals surface area contributed by atoms with E-state index in [2.05, 4.69) is 30.7 Å². The third kappa shape index (κ3) is 1.67. The zero-order chi connectivity index (χ0) is 11.2. The van der Waals surface area contributed by atoms with Gasteiger partial charge in [-0.15, -0.1) is 0 Å². The van der Waals surface area contributed by atoms with Crippen molar-refractivity contribution in [1.29, 1.82) is 0 Å². The molecule has 80 valence electrons. The van der Waals surface area contributed by atoms with Crippen molar-refractivity contribution in [3.05, 3.63) is 17.7 Å². The van der Waals surface area contributed by atoms with Gasteiger partial charge in [-0.3, -0.25) is 0 Å². The van der Waals surface area contributed by atoms with Gasteiger partial charge in [-0.2, -0.15) is 0 Å². The summed E-state index contributed by atoms with van der Waals surface area (Å²) in [6.07, 6.45) is 0. The van der Waals surface area contributed by atoms with E-state index in [1.54, 1.807) is 6.92 Å². The maximum atomic E-state index is 5.94. The molecule has 0 fully saturated rings. The Bertz CT molecular complexity index is 508. The van der Waals surface area contributed by atoms with Crippen LogP contribution in [0.15, 0.2) is 10.5 Å². The molecular formula is C11H15N3O. The summed E-state index contributed by atoms with van der Waals surface area (Å²) >= 11 is 0. The van der Waals surface area contributed by atoms with Gasteiger partial charge in [-0.05, 0) is 6.07 Å². The van der Waals surface area contributed by atoms with E-state index in [0.29, 0.717) is 17.3 Å². The Balaban J connectivity index is 2.72. The van der Waals surface area contributed by atoms with Crippen LogP contribution in [-0.4, -0.2) is 9.97 Å². The SMILES string of the molecule is Cc1nc2cc(N)c(C(C)(C)C)nc2o1. The van der Waals surface area contributed by atoms with Crippen LogP contribution in [0.2, 0.25) is 0 Å². The van der Waals surface area contributed by atoms with Gasteiger partial charge in [0.1, 0.15) is 5.52 Å². The number of hydrogen-bond donors (Lipinski definition) is 1. The predicted octanol–water partition coefficient (Wildman–Crippen LogP) is 2.41. The Kier molecular flexibility index (Phi) is 1.96. The van der Waals surface area contributed by atoms with Crippen molar-refractivity contribution in [3.63, 3.8) is 0 Å². The summed E-state index contributed by atoms with van der Waals surface area (Å²) in [5.41, 5.74) is 8.66. The highest BCUT2D eigenvalue weighted by molar-refractivity contribution is 5.74. The van der Waals surface area contributed by atoms with Crippen LogP contribution in [0.5, 0.6) is 0 Å². The van der Waals surface area contributed by atoms with Crippen molar-refractivity contribution in [2.24, 2.45) is 0 Å². The molecule has 0 radical (unpaired) electrons. The highest BCUT2D eigenvalue weighted by Gasteiger charge is 2.20. The fourth-order valence-corrected chi connectivity index (χ4v) is 1.59. The van der Waals surface area contributed by atoms with Crippen LogP contribution in [0.1, 0.15) is 32.4 Å².